The maximum atomic E-state index is 12.5. The number of aryl methyl sites for hydroxylation is 2. The normalized spacial score (nSPS) is 12.8. The Balaban J connectivity index is 2.14. The Hall–Kier alpha value is -1.69. The third-order valence-corrected chi connectivity index (χ3v) is 5.11. The molecule has 6 heteroatoms. The van der Waals surface area contributed by atoms with Crippen LogP contribution in [0.3, 0.4) is 0 Å². The zero-order valence-corrected chi connectivity index (χ0v) is 15.3. The Morgan fingerprint density at radius 1 is 1.26 bits per heavy atom. The third kappa shape index (κ3) is 4.19. The standard InChI is InChI=1S/C17H25N3O2S/c1-9(2)7-6-8-10(3)18-16(22)14-11(4)13-15(21)19-12(5)20-17(13)23-14/h9-10H,6-8H2,1-5H3,(H,18,22)(H,19,20,21)/t10-/m1/s1. The Morgan fingerprint density at radius 3 is 2.61 bits per heavy atom. The zero-order valence-electron chi connectivity index (χ0n) is 14.4. The molecule has 126 valence electrons. The van der Waals surface area contributed by atoms with Gasteiger partial charge in [-0.2, -0.15) is 0 Å². The van der Waals surface area contributed by atoms with E-state index in [9.17, 15) is 9.59 Å². The molecule has 23 heavy (non-hydrogen) atoms. The molecule has 0 aliphatic carbocycles. The molecule has 5 nitrogen and oxygen atoms in total. The summed E-state index contributed by atoms with van der Waals surface area (Å²) in [4.78, 5) is 32.8. The molecule has 1 amide bonds. The van der Waals surface area contributed by atoms with Crippen LogP contribution in [-0.4, -0.2) is 21.9 Å². The van der Waals surface area contributed by atoms with E-state index in [0.29, 0.717) is 32.4 Å². The number of amides is 1. The number of nitrogens with zero attached hydrogens (tertiary/aromatic N) is 1. The molecule has 0 saturated heterocycles. The first kappa shape index (κ1) is 17.7. The summed E-state index contributed by atoms with van der Waals surface area (Å²) in [6.07, 6.45) is 3.23. The average Bonchev–Trinajstić information content (AvgIpc) is 2.75. The van der Waals surface area contributed by atoms with Gasteiger partial charge in [0.2, 0.25) is 0 Å². The minimum Gasteiger partial charge on any atom is -0.349 e. The smallest absolute Gasteiger partial charge is 0.261 e. The lowest BCUT2D eigenvalue weighted by atomic mass is 10.0. The molecular weight excluding hydrogens is 310 g/mol. The van der Waals surface area contributed by atoms with Gasteiger partial charge in [0, 0.05) is 6.04 Å². The van der Waals surface area contributed by atoms with E-state index < -0.39 is 0 Å². The summed E-state index contributed by atoms with van der Waals surface area (Å²) in [5, 5.41) is 3.56. The van der Waals surface area contributed by atoms with E-state index in [4.69, 9.17) is 0 Å². The second kappa shape index (κ2) is 7.25. The van der Waals surface area contributed by atoms with E-state index in [0.717, 1.165) is 12.8 Å². The quantitative estimate of drug-likeness (QED) is 0.848. The molecule has 2 N–H and O–H groups in total. The van der Waals surface area contributed by atoms with E-state index in [2.05, 4.69) is 29.1 Å². The third-order valence-electron chi connectivity index (χ3n) is 3.92. The van der Waals surface area contributed by atoms with Gasteiger partial charge in [-0.3, -0.25) is 9.59 Å². The van der Waals surface area contributed by atoms with Crippen molar-refractivity contribution in [1.82, 2.24) is 15.3 Å². The molecule has 1 atom stereocenters. The molecule has 0 aliphatic heterocycles. The molecule has 2 aromatic rings. The fraction of sp³-hybridized carbons (Fsp3) is 0.588. The Kier molecular flexibility index (Phi) is 5.57. The van der Waals surface area contributed by atoms with E-state index in [1.165, 1.54) is 17.8 Å². The fourth-order valence-electron chi connectivity index (χ4n) is 2.66. The number of aromatic amines is 1. The lowest BCUT2D eigenvalue weighted by Gasteiger charge is -2.14. The van der Waals surface area contributed by atoms with Crippen molar-refractivity contribution in [3.63, 3.8) is 0 Å². The van der Waals surface area contributed by atoms with Crippen LogP contribution in [0.15, 0.2) is 4.79 Å². The predicted molar refractivity (Wildman–Crippen MR) is 95.3 cm³/mol. The van der Waals surface area contributed by atoms with Crippen molar-refractivity contribution in [1.29, 1.82) is 0 Å². The summed E-state index contributed by atoms with van der Waals surface area (Å²) in [6.45, 7) is 9.98. The van der Waals surface area contributed by atoms with Crippen LogP contribution in [0.4, 0.5) is 0 Å². The van der Waals surface area contributed by atoms with Gasteiger partial charge in [0.05, 0.1) is 10.3 Å². The second-order valence-electron chi connectivity index (χ2n) is 6.59. The number of hydrogen-bond donors (Lipinski definition) is 2. The SMILES string of the molecule is Cc1nc2sc(C(=O)N[C@H](C)CCCC(C)C)c(C)c2c(=O)[nH]1. The predicted octanol–water partition coefficient (Wildman–Crippen LogP) is 3.55. The summed E-state index contributed by atoms with van der Waals surface area (Å²) in [5.74, 6) is 1.14. The maximum Gasteiger partial charge on any atom is 0.261 e. The number of hydrogen-bond acceptors (Lipinski definition) is 4. The number of carbonyl (C=O) groups is 1. The molecule has 0 spiro atoms. The molecule has 2 rings (SSSR count). The van der Waals surface area contributed by atoms with Crippen LogP contribution < -0.4 is 10.9 Å². The van der Waals surface area contributed by atoms with Crippen LogP contribution in [0.25, 0.3) is 10.2 Å². The molecule has 0 radical (unpaired) electrons. The van der Waals surface area contributed by atoms with Crippen molar-refractivity contribution in [3.05, 3.63) is 26.6 Å². The van der Waals surface area contributed by atoms with Crippen molar-refractivity contribution in [2.24, 2.45) is 5.92 Å². The maximum absolute atomic E-state index is 12.5. The van der Waals surface area contributed by atoms with Gasteiger partial charge in [0.15, 0.2) is 0 Å². The van der Waals surface area contributed by atoms with Gasteiger partial charge < -0.3 is 10.3 Å². The van der Waals surface area contributed by atoms with Gasteiger partial charge in [-0.25, -0.2) is 4.98 Å². The largest absolute Gasteiger partial charge is 0.349 e. The van der Waals surface area contributed by atoms with Crippen LogP contribution in [0.2, 0.25) is 0 Å². The van der Waals surface area contributed by atoms with Crippen LogP contribution in [0, 0.1) is 19.8 Å². The van der Waals surface area contributed by atoms with Gasteiger partial charge >= 0.3 is 0 Å². The summed E-state index contributed by atoms with van der Waals surface area (Å²) in [7, 11) is 0. The van der Waals surface area contributed by atoms with Crippen LogP contribution >= 0.6 is 11.3 Å². The van der Waals surface area contributed by atoms with Crippen molar-refractivity contribution in [2.45, 2.75) is 59.9 Å². The molecule has 2 heterocycles. The van der Waals surface area contributed by atoms with E-state index in [1.54, 1.807) is 6.92 Å². The van der Waals surface area contributed by atoms with Crippen LogP contribution in [0.5, 0.6) is 0 Å². The molecular formula is C17H25N3O2S. The Bertz CT molecular complexity index is 761. The highest BCUT2D eigenvalue weighted by Crippen LogP contribution is 2.27. The number of fused-ring (bicyclic) bond motifs is 1. The highest BCUT2D eigenvalue weighted by molar-refractivity contribution is 7.20. The second-order valence-corrected chi connectivity index (χ2v) is 7.59. The summed E-state index contributed by atoms with van der Waals surface area (Å²) < 4.78 is 0. The number of rotatable bonds is 6. The lowest BCUT2D eigenvalue weighted by Crippen LogP contribution is -2.32. The Morgan fingerprint density at radius 2 is 1.96 bits per heavy atom. The van der Waals surface area contributed by atoms with Gasteiger partial charge in [0.1, 0.15) is 10.7 Å². The van der Waals surface area contributed by atoms with E-state index >= 15 is 0 Å². The topological polar surface area (TPSA) is 74.8 Å². The molecule has 0 fully saturated rings. The van der Waals surface area contributed by atoms with Crippen LogP contribution in [-0.2, 0) is 0 Å². The molecule has 0 saturated carbocycles. The van der Waals surface area contributed by atoms with Crippen LogP contribution in [0.1, 0.15) is 61.1 Å². The first-order valence-electron chi connectivity index (χ1n) is 8.10. The van der Waals surface area contributed by atoms with E-state index in [-0.39, 0.29) is 17.5 Å². The average molecular weight is 335 g/mol. The molecule has 2 aromatic heterocycles. The lowest BCUT2D eigenvalue weighted by molar-refractivity contribution is 0.0941. The zero-order chi connectivity index (χ0) is 17.1. The molecule has 0 unspecified atom stereocenters. The highest BCUT2D eigenvalue weighted by Gasteiger charge is 2.20. The fourth-order valence-corrected chi connectivity index (χ4v) is 3.79. The van der Waals surface area contributed by atoms with Gasteiger partial charge in [-0.05, 0) is 38.7 Å². The van der Waals surface area contributed by atoms with E-state index in [1.807, 2.05) is 13.8 Å². The summed E-state index contributed by atoms with van der Waals surface area (Å²) in [5.41, 5.74) is 0.538. The number of H-pyrrole nitrogens is 1. The van der Waals surface area contributed by atoms with Crippen molar-refractivity contribution < 1.29 is 4.79 Å². The van der Waals surface area contributed by atoms with Crippen molar-refractivity contribution in [3.8, 4) is 0 Å². The minimum absolute atomic E-state index is 0.111. The molecule has 0 aromatic carbocycles. The molecule has 0 bridgehead atoms. The summed E-state index contributed by atoms with van der Waals surface area (Å²) >= 11 is 1.29. The summed E-state index contributed by atoms with van der Waals surface area (Å²) in [6, 6.07) is 0.124. The molecule has 0 aliphatic rings. The van der Waals surface area contributed by atoms with Gasteiger partial charge in [-0.1, -0.05) is 26.7 Å². The minimum atomic E-state index is -0.176. The highest BCUT2D eigenvalue weighted by atomic mass is 32.1. The van der Waals surface area contributed by atoms with Crippen molar-refractivity contribution >= 4 is 27.5 Å². The number of thiophene rings is 1. The number of aromatic nitrogens is 2. The Labute approximate surface area is 140 Å². The first-order valence-corrected chi connectivity index (χ1v) is 8.92. The van der Waals surface area contributed by atoms with Crippen molar-refractivity contribution in [2.75, 3.05) is 0 Å². The van der Waals surface area contributed by atoms with Gasteiger partial charge in [-0.15, -0.1) is 11.3 Å². The number of nitrogens with one attached hydrogen (secondary N) is 2. The van der Waals surface area contributed by atoms with Gasteiger partial charge in [0.25, 0.3) is 11.5 Å². The first-order chi connectivity index (χ1) is 10.8. The monoisotopic (exact) mass is 335 g/mol. The number of carbonyl (C=O) groups excluding carboxylic acids is 1.